The lowest BCUT2D eigenvalue weighted by molar-refractivity contribution is -0.123. The number of rotatable bonds is 4. The molecule has 4 nitrogen and oxygen atoms in total. The van der Waals surface area contributed by atoms with E-state index in [4.69, 9.17) is 10.2 Å². The summed E-state index contributed by atoms with van der Waals surface area (Å²) in [5.74, 6) is 0.0819. The summed E-state index contributed by atoms with van der Waals surface area (Å²) >= 11 is 0. The SMILES string of the molecule is Nc1ccc(C2(C(=O)NCc3ccoc3)CC2)cc1. The first-order valence-corrected chi connectivity index (χ1v) is 6.36. The van der Waals surface area contributed by atoms with E-state index >= 15 is 0 Å². The maximum atomic E-state index is 12.3. The fourth-order valence-corrected chi connectivity index (χ4v) is 2.32. The molecule has 1 fully saturated rings. The Bertz CT molecular complexity index is 569. The average molecular weight is 256 g/mol. The number of hydrogen-bond donors (Lipinski definition) is 2. The third-order valence-electron chi connectivity index (χ3n) is 3.68. The quantitative estimate of drug-likeness (QED) is 0.824. The lowest BCUT2D eigenvalue weighted by Gasteiger charge is -2.15. The molecule has 0 atom stereocenters. The Labute approximate surface area is 111 Å². The first-order chi connectivity index (χ1) is 9.21. The van der Waals surface area contributed by atoms with Gasteiger partial charge in [-0.2, -0.15) is 0 Å². The van der Waals surface area contributed by atoms with Crippen molar-refractivity contribution in [3.8, 4) is 0 Å². The minimum atomic E-state index is -0.350. The smallest absolute Gasteiger partial charge is 0.230 e. The molecule has 0 saturated heterocycles. The number of nitrogens with two attached hydrogens (primary N) is 1. The molecule has 1 amide bonds. The normalized spacial score (nSPS) is 16.0. The Kier molecular flexibility index (Phi) is 2.78. The molecule has 98 valence electrons. The van der Waals surface area contributed by atoms with Gasteiger partial charge in [-0.1, -0.05) is 12.1 Å². The van der Waals surface area contributed by atoms with Gasteiger partial charge in [0.05, 0.1) is 17.9 Å². The second-order valence-corrected chi connectivity index (χ2v) is 5.02. The van der Waals surface area contributed by atoms with Gasteiger partial charge in [-0.05, 0) is 36.6 Å². The number of hydrogen-bond acceptors (Lipinski definition) is 3. The summed E-state index contributed by atoms with van der Waals surface area (Å²) in [6, 6.07) is 9.43. The number of anilines is 1. The lowest BCUT2D eigenvalue weighted by atomic mass is 9.94. The number of nitrogens with one attached hydrogen (secondary N) is 1. The number of carbonyl (C=O) groups excluding carboxylic acids is 1. The highest BCUT2D eigenvalue weighted by molar-refractivity contribution is 5.91. The predicted molar refractivity (Wildman–Crippen MR) is 72.3 cm³/mol. The van der Waals surface area contributed by atoms with Gasteiger partial charge in [0.2, 0.25) is 5.91 Å². The predicted octanol–water partition coefficient (Wildman–Crippen LogP) is 2.21. The molecule has 4 heteroatoms. The van der Waals surface area contributed by atoms with Crippen LogP contribution in [0.3, 0.4) is 0 Å². The zero-order valence-electron chi connectivity index (χ0n) is 10.6. The van der Waals surface area contributed by atoms with Gasteiger partial charge in [-0.15, -0.1) is 0 Å². The minimum Gasteiger partial charge on any atom is -0.472 e. The van der Waals surface area contributed by atoms with E-state index in [-0.39, 0.29) is 11.3 Å². The van der Waals surface area contributed by atoms with Crippen LogP contribution in [-0.4, -0.2) is 5.91 Å². The summed E-state index contributed by atoms with van der Waals surface area (Å²) in [5.41, 5.74) is 8.07. The molecule has 1 saturated carbocycles. The molecular formula is C15H16N2O2. The maximum Gasteiger partial charge on any atom is 0.230 e. The van der Waals surface area contributed by atoms with Crippen molar-refractivity contribution >= 4 is 11.6 Å². The first-order valence-electron chi connectivity index (χ1n) is 6.36. The van der Waals surface area contributed by atoms with E-state index in [9.17, 15) is 4.79 Å². The van der Waals surface area contributed by atoms with Gasteiger partial charge in [-0.3, -0.25) is 4.79 Å². The number of benzene rings is 1. The standard InChI is InChI=1S/C15H16N2O2/c16-13-3-1-12(2-4-13)15(6-7-15)14(18)17-9-11-5-8-19-10-11/h1-5,8,10H,6-7,9,16H2,(H,17,18). The summed E-state index contributed by atoms with van der Waals surface area (Å²) in [6.45, 7) is 0.506. The molecule has 3 N–H and O–H groups in total. The van der Waals surface area contributed by atoms with Gasteiger partial charge in [0.15, 0.2) is 0 Å². The van der Waals surface area contributed by atoms with Crippen molar-refractivity contribution in [2.45, 2.75) is 24.8 Å². The maximum absolute atomic E-state index is 12.3. The summed E-state index contributed by atoms with van der Waals surface area (Å²) in [7, 11) is 0. The van der Waals surface area contributed by atoms with Gasteiger partial charge in [0.1, 0.15) is 0 Å². The van der Waals surface area contributed by atoms with Crippen LogP contribution in [0.2, 0.25) is 0 Å². The van der Waals surface area contributed by atoms with Gasteiger partial charge < -0.3 is 15.5 Å². The third kappa shape index (κ3) is 2.21. The number of furan rings is 1. The fraction of sp³-hybridized carbons (Fsp3) is 0.267. The minimum absolute atomic E-state index is 0.0819. The van der Waals surface area contributed by atoms with Crippen LogP contribution in [0.4, 0.5) is 5.69 Å². The molecule has 19 heavy (non-hydrogen) atoms. The van der Waals surface area contributed by atoms with Crippen molar-refractivity contribution in [3.63, 3.8) is 0 Å². The van der Waals surface area contributed by atoms with Crippen LogP contribution in [0, 0.1) is 0 Å². The van der Waals surface area contributed by atoms with Gasteiger partial charge >= 0.3 is 0 Å². The molecule has 3 rings (SSSR count). The molecule has 1 aromatic carbocycles. The highest BCUT2D eigenvalue weighted by Gasteiger charge is 2.50. The van der Waals surface area contributed by atoms with E-state index in [1.165, 1.54) is 0 Å². The van der Waals surface area contributed by atoms with Crippen molar-refractivity contribution in [1.29, 1.82) is 0 Å². The molecule has 2 aromatic rings. The molecular weight excluding hydrogens is 240 g/mol. The molecule has 0 spiro atoms. The Balaban J connectivity index is 1.70. The first kappa shape index (κ1) is 11.8. The average Bonchev–Trinajstić information content (AvgIpc) is 3.07. The second kappa shape index (κ2) is 4.46. The number of amides is 1. The summed E-state index contributed by atoms with van der Waals surface area (Å²) in [5, 5.41) is 2.97. The van der Waals surface area contributed by atoms with Crippen LogP contribution in [0.1, 0.15) is 24.0 Å². The molecule has 1 aliphatic rings. The largest absolute Gasteiger partial charge is 0.472 e. The lowest BCUT2D eigenvalue weighted by Crippen LogP contribution is -2.34. The zero-order chi connectivity index (χ0) is 13.3. The summed E-state index contributed by atoms with van der Waals surface area (Å²) in [4.78, 5) is 12.3. The van der Waals surface area contributed by atoms with Crippen molar-refractivity contribution in [1.82, 2.24) is 5.32 Å². The van der Waals surface area contributed by atoms with Crippen LogP contribution < -0.4 is 11.1 Å². The second-order valence-electron chi connectivity index (χ2n) is 5.02. The Morgan fingerprint density at radius 2 is 2.00 bits per heavy atom. The van der Waals surface area contributed by atoms with Gasteiger partial charge in [0, 0.05) is 17.8 Å². The van der Waals surface area contributed by atoms with E-state index in [1.807, 2.05) is 30.3 Å². The monoisotopic (exact) mass is 256 g/mol. The summed E-state index contributed by atoms with van der Waals surface area (Å²) in [6.07, 6.45) is 5.04. The molecule has 0 aliphatic heterocycles. The van der Waals surface area contributed by atoms with Gasteiger partial charge in [0.25, 0.3) is 0 Å². The van der Waals surface area contributed by atoms with E-state index < -0.39 is 0 Å². The van der Waals surface area contributed by atoms with Gasteiger partial charge in [-0.25, -0.2) is 0 Å². The van der Waals surface area contributed by atoms with Crippen molar-refractivity contribution in [2.24, 2.45) is 0 Å². The number of nitrogen functional groups attached to an aromatic ring is 1. The van der Waals surface area contributed by atoms with Crippen molar-refractivity contribution in [3.05, 3.63) is 54.0 Å². The van der Waals surface area contributed by atoms with Crippen LogP contribution in [0.25, 0.3) is 0 Å². The van der Waals surface area contributed by atoms with Crippen LogP contribution in [-0.2, 0) is 16.8 Å². The van der Waals surface area contributed by atoms with E-state index in [2.05, 4.69) is 5.32 Å². The molecule has 0 unspecified atom stereocenters. The van der Waals surface area contributed by atoms with Crippen molar-refractivity contribution < 1.29 is 9.21 Å². The van der Waals surface area contributed by atoms with E-state index in [1.54, 1.807) is 12.5 Å². The third-order valence-corrected chi connectivity index (χ3v) is 3.68. The highest BCUT2D eigenvalue weighted by atomic mass is 16.3. The molecule has 1 aliphatic carbocycles. The van der Waals surface area contributed by atoms with Crippen LogP contribution >= 0.6 is 0 Å². The van der Waals surface area contributed by atoms with Crippen LogP contribution in [0.15, 0.2) is 47.3 Å². The Hall–Kier alpha value is -2.23. The molecule has 0 bridgehead atoms. The fourth-order valence-electron chi connectivity index (χ4n) is 2.32. The molecule has 1 heterocycles. The van der Waals surface area contributed by atoms with E-state index in [0.29, 0.717) is 6.54 Å². The highest BCUT2D eigenvalue weighted by Crippen LogP contribution is 2.48. The van der Waals surface area contributed by atoms with E-state index in [0.717, 1.165) is 29.7 Å². The Morgan fingerprint density at radius 1 is 1.26 bits per heavy atom. The summed E-state index contributed by atoms with van der Waals surface area (Å²) < 4.78 is 4.98. The zero-order valence-corrected chi connectivity index (χ0v) is 10.6. The Morgan fingerprint density at radius 3 is 2.58 bits per heavy atom. The molecule has 1 aromatic heterocycles. The number of carbonyl (C=O) groups is 1. The molecule has 0 radical (unpaired) electrons. The topological polar surface area (TPSA) is 68.3 Å². The van der Waals surface area contributed by atoms with Crippen LogP contribution in [0.5, 0.6) is 0 Å². The van der Waals surface area contributed by atoms with Crippen molar-refractivity contribution in [2.75, 3.05) is 5.73 Å².